The number of carbonyl (C=O) groups is 3. The van der Waals surface area contributed by atoms with E-state index in [9.17, 15) is 14.4 Å². The second-order valence-electron chi connectivity index (χ2n) is 3.94. The fourth-order valence-corrected chi connectivity index (χ4v) is 0.918. The molecule has 11 heteroatoms. The maximum absolute atomic E-state index is 10.2. The van der Waals surface area contributed by atoms with Crippen LogP contribution in [0.1, 0.15) is 19.3 Å². The van der Waals surface area contributed by atoms with Crippen LogP contribution in [0.15, 0.2) is 4.99 Å². The van der Waals surface area contributed by atoms with Crippen molar-refractivity contribution < 1.29 is 29.7 Å². The Kier molecular flexibility index (Phi) is 11.4. The molecular weight excluding hydrogens is 286 g/mol. The molecule has 0 amide bonds. The number of hydrogen-bond donors (Lipinski definition) is 7. The molecule has 2 atom stereocenters. The quantitative estimate of drug-likeness (QED) is 0.139. The number of carboxylic acids is 3. The number of aliphatic carboxylic acids is 3. The van der Waals surface area contributed by atoms with Crippen molar-refractivity contribution >= 4 is 23.9 Å². The van der Waals surface area contributed by atoms with Gasteiger partial charge in [0.05, 0.1) is 6.42 Å². The first kappa shape index (κ1) is 20.9. The first-order valence-electron chi connectivity index (χ1n) is 5.81. The fraction of sp³-hybridized carbons (Fsp3) is 0.600. The molecule has 0 saturated carbocycles. The van der Waals surface area contributed by atoms with Gasteiger partial charge in [-0.2, -0.15) is 0 Å². The molecule has 0 aliphatic heterocycles. The highest BCUT2D eigenvalue weighted by atomic mass is 16.4. The summed E-state index contributed by atoms with van der Waals surface area (Å²) in [5.41, 5.74) is 20.2. The van der Waals surface area contributed by atoms with Gasteiger partial charge in [-0.3, -0.25) is 19.4 Å². The number of guanidine groups is 1. The number of carboxylic acid groups (broad SMARTS) is 3. The smallest absolute Gasteiger partial charge is 0.321 e. The second-order valence-corrected chi connectivity index (χ2v) is 3.94. The van der Waals surface area contributed by atoms with Gasteiger partial charge in [-0.1, -0.05) is 0 Å². The van der Waals surface area contributed by atoms with Gasteiger partial charge in [0.1, 0.15) is 12.1 Å². The van der Waals surface area contributed by atoms with Gasteiger partial charge in [0.15, 0.2) is 5.96 Å². The Hall–Kier alpha value is -2.40. The Bertz CT molecular complexity index is 382. The first-order valence-corrected chi connectivity index (χ1v) is 5.81. The first-order chi connectivity index (χ1) is 9.57. The average molecular weight is 307 g/mol. The predicted molar refractivity (Wildman–Crippen MR) is 73.4 cm³/mol. The topological polar surface area (TPSA) is 228 Å². The minimum atomic E-state index is -1.29. The predicted octanol–water partition coefficient (Wildman–Crippen LogP) is -2.68. The summed E-state index contributed by atoms with van der Waals surface area (Å²) in [5, 5.41) is 24.4. The van der Waals surface area contributed by atoms with E-state index in [4.69, 9.17) is 38.3 Å². The van der Waals surface area contributed by atoms with Crippen molar-refractivity contribution in [1.82, 2.24) is 0 Å². The normalized spacial score (nSPS) is 12.3. The number of nitrogens with zero attached hydrogens (tertiary/aromatic N) is 1. The molecule has 0 spiro atoms. The second kappa shape index (κ2) is 11.4. The molecule has 11 nitrogen and oxygen atoms in total. The maximum Gasteiger partial charge on any atom is 0.321 e. The minimum absolute atomic E-state index is 0.0129. The van der Waals surface area contributed by atoms with Crippen molar-refractivity contribution in [3.05, 3.63) is 0 Å². The van der Waals surface area contributed by atoms with Crippen molar-refractivity contribution in [3.63, 3.8) is 0 Å². The molecule has 0 aromatic rings. The summed E-state index contributed by atoms with van der Waals surface area (Å²) in [6, 6.07) is -2.11. The molecule has 0 bridgehead atoms. The fourth-order valence-electron chi connectivity index (χ4n) is 0.918. The lowest BCUT2D eigenvalue weighted by Crippen LogP contribution is -2.32. The van der Waals surface area contributed by atoms with Crippen LogP contribution in [-0.2, 0) is 14.4 Å². The van der Waals surface area contributed by atoms with Crippen molar-refractivity contribution in [1.29, 1.82) is 0 Å². The van der Waals surface area contributed by atoms with Gasteiger partial charge in [0, 0.05) is 6.54 Å². The van der Waals surface area contributed by atoms with E-state index in [1.54, 1.807) is 0 Å². The van der Waals surface area contributed by atoms with Crippen LogP contribution >= 0.6 is 0 Å². The van der Waals surface area contributed by atoms with Crippen molar-refractivity contribution in [2.24, 2.45) is 27.9 Å². The highest BCUT2D eigenvalue weighted by Crippen LogP contribution is 1.94. The number of aliphatic imine (C=N–C) groups is 1. The van der Waals surface area contributed by atoms with Gasteiger partial charge in [-0.25, -0.2) is 0 Å². The van der Waals surface area contributed by atoms with Crippen molar-refractivity contribution in [3.8, 4) is 0 Å². The lowest BCUT2D eigenvalue weighted by molar-refractivity contribution is -0.144. The molecule has 0 aliphatic rings. The zero-order valence-corrected chi connectivity index (χ0v) is 11.3. The summed E-state index contributed by atoms with van der Waals surface area (Å²) in [5.74, 6) is -3.49. The SMILES string of the molecule is NC(N)=NCCC[C@@H](N)C(=O)O.N[C@@H](CC(=O)O)C(=O)O. The van der Waals surface area contributed by atoms with Crippen LogP contribution in [0.2, 0.25) is 0 Å². The van der Waals surface area contributed by atoms with E-state index < -0.39 is 36.4 Å². The average Bonchev–Trinajstić information content (AvgIpc) is 2.33. The lowest BCUT2D eigenvalue weighted by Gasteiger charge is -2.03. The number of hydrogen-bond acceptors (Lipinski definition) is 6. The minimum Gasteiger partial charge on any atom is -0.481 e. The highest BCUT2D eigenvalue weighted by molar-refractivity contribution is 5.80. The Morgan fingerprint density at radius 2 is 1.43 bits per heavy atom. The Labute approximate surface area is 120 Å². The van der Waals surface area contributed by atoms with Gasteiger partial charge in [0.25, 0.3) is 0 Å². The van der Waals surface area contributed by atoms with Crippen LogP contribution in [0.25, 0.3) is 0 Å². The summed E-state index contributed by atoms with van der Waals surface area (Å²) < 4.78 is 0. The summed E-state index contributed by atoms with van der Waals surface area (Å²) in [6.07, 6.45) is 0.423. The van der Waals surface area contributed by atoms with E-state index in [0.717, 1.165) is 0 Å². The third-order valence-electron chi connectivity index (χ3n) is 2.00. The van der Waals surface area contributed by atoms with Gasteiger partial charge in [-0.15, -0.1) is 0 Å². The Balaban J connectivity index is 0. The van der Waals surface area contributed by atoms with Gasteiger partial charge in [-0.05, 0) is 12.8 Å². The summed E-state index contributed by atoms with van der Waals surface area (Å²) in [7, 11) is 0. The van der Waals surface area contributed by atoms with Gasteiger partial charge >= 0.3 is 17.9 Å². The molecule has 21 heavy (non-hydrogen) atoms. The van der Waals surface area contributed by atoms with E-state index in [2.05, 4.69) is 4.99 Å². The van der Waals surface area contributed by atoms with Crippen LogP contribution < -0.4 is 22.9 Å². The number of rotatable bonds is 8. The highest BCUT2D eigenvalue weighted by Gasteiger charge is 2.14. The van der Waals surface area contributed by atoms with Crippen molar-refractivity contribution in [2.45, 2.75) is 31.3 Å². The summed E-state index contributed by atoms with van der Waals surface area (Å²) in [4.78, 5) is 33.5. The van der Waals surface area contributed by atoms with Crippen LogP contribution in [-0.4, -0.2) is 57.8 Å². The molecule has 0 fully saturated rings. The van der Waals surface area contributed by atoms with E-state index in [1.807, 2.05) is 0 Å². The molecule has 0 aromatic heterocycles. The maximum atomic E-state index is 10.2. The molecule has 0 unspecified atom stereocenters. The molecule has 0 heterocycles. The van der Waals surface area contributed by atoms with Gasteiger partial charge < -0.3 is 38.3 Å². The Morgan fingerprint density at radius 1 is 0.952 bits per heavy atom. The molecular formula is C10H21N5O6. The molecule has 0 rings (SSSR count). The Morgan fingerprint density at radius 3 is 1.71 bits per heavy atom. The zero-order chi connectivity index (χ0) is 17.0. The van der Waals surface area contributed by atoms with Crippen LogP contribution in [0.4, 0.5) is 0 Å². The van der Waals surface area contributed by atoms with Gasteiger partial charge in [0.2, 0.25) is 0 Å². The molecule has 122 valence electrons. The third kappa shape index (κ3) is 15.5. The molecule has 11 N–H and O–H groups in total. The molecule has 0 radical (unpaired) electrons. The van der Waals surface area contributed by atoms with Crippen molar-refractivity contribution in [2.75, 3.05) is 6.54 Å². The zero-order valence-electron chi connectivity index (χ0n) is 11.3. The van der Waals surface area contributed by atoms with Crippen LogP contribution in [0, 0.1) is 0 Å². The molecule has 0 aromatic carbocycles. The lowest BCUT2D eigenvalue weighted by atomic mass is 10.2. The summed E-state index contributed by atoms with van der Waals surface area (Å²) in [6.45, 7) is 0.420. The summed E-state index contributed by atoms with van der Waals surface area (Å²) >= 11 is 0. The van der Waals surface area contributed by atoms with E-state index in [1.165, 1.54) is 0 Å². The van der Waals surface area contributed by atoms with Crippen LogP contribution in [0.3, 0.4) is 0 Å². The number of nitrogens with two attached hydrogens (primary N) is 4. The standard InChI is InChI=1S/C6H14N4O2.C4H7NO4/c7-4(5(11)12)2-1-3-10-6(8)9;5-2(4(8)9)1-3(6)7/h4H,1-3,7H2,(H,11,12)(H4,8,9,10);2H,1,5H2,(H,6,7)(H,8,9)/t4-;2-/m10/s1. The van der Waals surface area contributed by atoms with Crippen LogP contribution in [0.5, 0.6) is 0 Å². The van der Waals surface area contributed by atoms with E-state index in [-0.39, 0.29) is 5.96 Å². The van der Waals surface area contributed by atoms with E-state index >= 15 is 0 Å². The largest absolute Gasteiger partial charge is 0.481 e. The third-order valence-corrected chi connectivity index (χ3v) is 2.00. The molecule has 0 aliphatic carbocycles. The monoisotopic (exact) mass is 307 g/mol. The van der Waals surface area contributed by atoms with E-state index in [0.29, 0.717) is 19.4 Å². The molecule has 0 saturated heterocycles.